The summed E-state index contributed by atoms with van der Waals surface area (Å²) in [6.07, 6.45) is 1.65. The van der Waals surface area contributed by atoms with Crippen LogP contribution in [0.2, 0.25) is 0 Å². The normalized spacial score (nSPS) is 11.0. The second kappa shape index (κ2) is 7.84. The molecular formula is C15H14N6OS2. The van der Waals surface area contributed by atoms with Crippen LogP contribution in [0.15, 0.2) is 52.0 Å². The van der Waals surface area contributed by atoms with Crippen molar-refractivity contribution in [3.05, 3.63) is 52.2 Å². The van der Waals surface area contributed by atoms with Crippen molar-refractivity contribution in [1.82, 2.24) is 25.6 Å². The number of nitrogens with zero attached hydrogens (tertiary/aromatic N) is 5. The number of aryl methyl sites for hydroxylation is 1. The average Bonchev–Trinajstić information content (AvgIpc) is 3.23. The predicted molar refractivity (Wildman–Crippen MR) is 94.7 cm³/mol. The van der Waals surface area contributed by atoms with Gasteiger partial charge in [-0.2, -0.15) is 9.78 Å². The van der Waals surface area contributed by atoms with Gasteiger partial charge < -0.3 is 0 Å². The molecule has 1 amide bonds. The van der Waals surface area contributed by atoms with Crippen molar-refractivity contribution < 1.29 is 4.79 Å². The van der Waals surface area contributed by atoms with Gasteiger partial charge in [-0.15, -0.1) is 16.4 Å². The third-order valence-electron chi connectivity index (χ3n) is 3.05. The van der Waals surface area contributed by atoms with E-state index >= 15 is 0 Å². The van der Waals surface area contributed by atoms with Crippen molar-refractivity contribution in [1.29, 1.82) is 0 Å². The lowest BCUT2D eigenvalue weighted by Gasteiger charge is -2.03. The molecule has 24 heavy (non-hydrogen) atoms. The molecule has 0 saturated carbocycles. The van der Waals surface area contributed by atoms with Gasteiger partial charge in [-0.3, -0.25) is 4.79 Å². The monoisotopic (exact) mass is 358 g/mol. The van der Waals surface area contributed by atoms with E-state index in [1.165, 1.54) is 11.8 Å². The average molecular weight is 358 g/mol. The first-order valence-corrected chi connectivity index (χ1v) is 8.93. The van der Waals surface area contributed by atoms with Crippen molar-refractivity contribution >= 4 is 35.2 Å². The predicted octanol–water partition coefficient (Wildman–Crippen LogP) is 2.27. The van der Waals surface area contributed by atoms with E-state index in [2.05, 4.69) is 26.1 Å². The molecule has 9 heteroatoms. The highest BCUT2D eigenvalue weighted by atomic mass is 32.2. The third-order valence-corrected chi connectivity index (χ3v) is 4.92. The number of aromatic nitrogens is 4. The number of nitrogens with one attached hydrogen (secondary N) is 1. The van der Waals surface area contributed by atoms with E-state index in [-0.39, 0.29) is 11.7 Å². The van der Waals surface area contributed by atoms with Crippen molar-refractivity contribution in [3.63, 3.8) is 0 Å². The number of amides is 1. The number of tetrazole rings is 1. The second-order valence-corrected chi connectivity index (χ2v) is 6.65. The Hall–Kier alpha value is -2.52. The number of thiophene rings is 1. The van der Waals surface area contributed by atoms with E-state index in [4.69, 9.17) is 0 Å². The van der Waals surface area contributed by atoms with Gasteiger partial charge in [0.15, 0.2) is 0 Å². The van der Waals surface area contributed by atoms with Gasteiger partial charge in [0, 0.05) is 4.88 Å². The van der Waals surface area contributed by atoms with E-state index in [0.29, 0.717) is 5.16 Å². The van der Waals surface area contributed by atoms with Crippen LogP contribution in [0.3, 0.4) is 0 Å². The van der Waals surface area contributed by atoms with Crippen molar-refractivity contribution in [2.45, 2.75) is 12.1 Å². The highest BCUT2D eigenvalue weighted by Gasteiger charge is 2.10. The van der Waals surface area contributed by atoms with Crippen LogP contribution in [0.4, 0.5) is 0 Å². The maximum absolute atomic E-state index is 11.9. The fraction of sp³-hybridized carbons (Fsp3) is 0.133. The summed E-state index contributed by atoms with van der Waals surface area (Å²) >= 11 is 2.83. The van der Waals surface area contributed by atoms with Crippen LogP contribution in [0.25, 0.3) is 5.69 Å². The van der Waals surface area contributed by atoms with Crippen molar-refractivity contribution in [3.8, 4) is 5.69 Å². The lowest BCUT2D eigenvalue weighted by atomic mass is 10.3. The number of benzene rings is 1. The van der Waals surface area contributed by atoms with Gasteiger partial charge in [-0.25, -0.2) is 5.43 Å². The molecule has 122 valence electrons. The Kier molecular flexibility index (Phi) is 5.34. The molecule has 0 radical (unpaired) electrons. The number of carbonyl (C=O) groups excluding carboxylic acids is 1. The summed E-state index contributed by atoms with van der Waals surface area (Å²) in [6, 6.07) is 11.5. The minimum atomic E-state index is -0.215. The lowest BCUT2D eigenvalue weighted by molar-refractivity contribution is -0.118. The summed E-state index contributed by atoms with van der Waals surface area (Å²) in [5.74, 6) is -0.0402. The maximum Gasteiger partial charge on any atom is 0.250 e. The Bertz CT molecular complexity index is 843. The minimum absolute atomic E-state index is 0.175. The molecule has 2 aromatic heterocycles. The van der Waals surface area contributed by atoms with E-state index in [1.54, 1.807) is 22.2 Å². The van der Waals surface area contributed by atoms with Gasteiger partial charge in [0.05, 0.1) is 17.7 Å². The molecule has 0 saturated heterocycles. The number of hydrogen-bond acceptors (Lipinski definition) is 7. The summed E-state index contributed by atoms with van der Waals surface area (Å²) < 4.78 is 1.59. The Morgan fingerprint density at radius 1 is 1.38 bits per heavy atom. The first kappa shape index (κ1) is 16.3. The number of hydrogen-bond donors (Lipinski definition) is 1. The zero-order chi connectivity index (χ0) is 16.8. The van der Waals surface area contributed by atoms with Gasteiger partial charge in [0.2, 0.25) is 5.16 Å². The minimum Gasteiger partial charge on any atom is -0.272 e. The Morgan fingerprint density at radius 2 is 2.21 bits per heavy atom. The standard InChI is InChI=1S/C15H14N6OS2/c1-11-7-8-23-13(11)9-16-17-14(22)10-24-15-18-19-20-21(15)12-5-3-2-4-6-12/h2-9H,10H2,1H3,(H,17,22)/b16-9+. The fourth-order valence-electron chi connectivity index (χ4n) is 1.84. The molecule has 0 aliphatic carbocycles. The van der Waals surface area contributed by atoms with Crippen LogP contribution >= 0.6 is 23.1 Å². The third kappa shape index (κ3) is 4.06. The molecule has 3 rings (SSSR count). The van der Waals surface area contributed by atoms with Gasteiger partial charge >= 0.3 is 0 Å². The largest absolute Gasteiger partial charge is 0.272 e. The SMILES string of the molecule is Cc1ccsc1/C=N/NC(=O)CSc1nnnn1-c1ccccc1. The molecule has 0 spiro atoms. The number of carbonyl (C=O) groups is 1. The topological polar surface area (TPSA) is 85.1 Å². The number of rotatable bonds is 6. The van der Waals surface area contributed by atoms with E-state index in [1.807, 2.05) is 48.7 Å². The molecule has 3 aromatic rings. The Labute approximate surface area is 146 Å². The zero-order valence-corrected chi connectivity index (χ0v) is 14.4. The van der Waals surface area contributed by atoms with Gasteiger partial charge in [0.25, 0.3) is 5.91 Å². The van der Waals surface area contributed by atoms with Crippen LogP contribution in [0.1, 0.15) is 10.4 Å². The summed E-state index contributed by atoms with van der Waals surface area (Å²) in [7, 11) is 0. The van der Waals surface area contributed by atoms with E-state index in [0.717, 1.165) is 16.1 Å². The summed E-state index contributed by atoms with van der Waals surface area (Å²) in [4.78, 5) is 12.9. The van der Waals surface area contributed by atoms with Crippen molar-refractivity contribution in [2.24, 2.45) is 5.10 Å². The number of thioether (sulfide) groups is 1. The summed E-state index contributed by atoms with van der Waals surface area (Å²) in [6.45, 7) is 2.00. The molecule has 0 aliphatic heterocycles. The first-order chi connectivity index (χ1) is 11.7. The van der Waals surface area contributed by atoms with Gasteiger partial charge in [0.1, 0.15) is 0 Å². The molecule has 0 fully saturated rings. The van der Waals surface area contributed by atoms with Crippen LogP contribution in [-0.2, 0) is 4.79 Å². The van der Waals surface area contributed by atoms with Crippen LogP contribution in [-0.4, -0.2) is 38.1 Å². The van der Waals surface area contributed by atoms with E-state index < -0.39 is 0 Å². The molecule has 1 N–H and O–H groups in total. The molecule has 1 aromatic carbocycles. The summed E-state index contributed by atoms with van der Waals surface area (Å²) in [5, 5.41) is 18.1. The molecule has 2 heterocycles. The second-order valence-electron chi connectivity index (χ2n) is 4.76. The smallest absolute Gasteiger partial charge is 0.250 e. The van der Waals surface area contributed by atoms with Gasteiger partial charge in [-0.1, -0.05) is 30.0 Å². The maximum atomic E-state index is 11.9. The molecule has 0 unspecified atom stereocenters. The highest BCUT2D eigenvalue weighted by Crippen LogP contribution is 2.17. The van der Waals surface area contributed by atoms with Crippen LogP contribution < -0.4 is 5.43 Å². The highest BCUT2D eigenvalue weighted by molar-refractivity contribution is 7.99. The molecule has 0 bridgehead atoms. The van der Waals surface area contributed by atoms with Crippen molar-refractivity contribution in [2.75, 3.05) is 5.75 Å². The number of para-hydroxylation sites is 1. The van der Waals surface area contributed by atoms with Gasteiger partial charge in [-0.05, 0) is 46.5 Å². The van der Waals surface area contributed by atoms with Crippen LogP contribution in [0.5, 0.6) is 0 Å². The van der Waals surface area contributed by atoms with Crippen LogP contribution in [0, 0.1) is 6.92 Å². The quantitative estimate of drug-likeness (QED) is 0.415. The Morgan fingerprint density at radius 3 is 2.96 bits per heavy atom. The molecule has 0 atom stereocenters. The Balaban J connectivity index is 1.55. The zero-order valence-electron chi connectivity index (χ0n) is 12.8. The molecular weight excluding hydrogens is 344 g/mol. The lowest BCUT2D eigenvalue weighted by Crippen LogP contribution is -2.20. The number of hydrazone groups is 1. The molecule has 7 nitrogen and oxygen atoms in total. The fourth-order valence-corrected chi connectivity index (χ4v) is 3.31. The van der Waals surface area contributed by atoms with E-state index in [9.17, 15) is 4.79 Å². The molecule has 0 aliphatic rings. The summed E-state index contributed by atoms with van der Waals surface area (Å²) in [5.41, 5.74) is 4.49. The first-order valence-electron chi connectivity index (χ1n) is 7.06.